The summed E-state index contributed by atoms with van der Waals surface area (Å²) < 4.78 is 17.2. The number of hydrogen-bond donors (Lipinski definition) is 2. The molecule has 0 bridgehead atoms. The molecule has 3 rings (SSSR count). The van der Waals surface area contributed by atoms with Gasteiger partial charge in [0.1, 0.15) is 12.4 Å². The van der Waals surface area contributed by atoms with E-state index >= 15 is 0 Å². The van der Waals surface area contributed by atoms with E-state index in [1.807, 2.05) is 36.4 Å². The second-order valence-corrected chi connectivity index (χ2v) is 8.11. The van der Waals surface area contributed by atoms with E-state index in [0.717, 1.165) is 17.9 Å². The zero-order valence-corrected chi connectivity index (χ0v) is 17.4. The fourth-order valence-corrected chi connectivity index (χ4v) is 2.95. The molecule has 2 amide bonds. The van der Waals surface area contributed by atoms with Gasteiger partial charge < -0.3 is 24.8 Å². The molecule has 0 saturated heterocycles. The Bertz CT molecular complexity index is 799. The molecule has 1 unspecified atom stereocenters. The number of para-hydroxylation sites is 2. The monoisotopic (exact) mass is 398 g/mol. The maximum atomic E-state index is 11.9. The molecule has 1 heterocycles. The highest BCUT2D eigenvalue weighted by Crippen LogP contribution is 2.30. The van der Waals surface area contributed by atoms with Crippen LogP contribution in [0.5, 0.6) is 17.2 Å². The molecule has 156 valence electrons. The van der Waals surface area contributed by atoms with E-state index in [1.165, 1.54) is 5.56 Å². The molecule has 2 aromatic rings. The van der Waals surface area contributed by atoms with Crippen LogP contribution in [-0.2, 0) is 5.41 Å². The van der Waals surface area contributed by atoms with E-state index < -0.39 is 0 Å². The van der Waals surface area contributed by atoms with Crippen LogP contribution in [-0.4, -0.2) is 38.4 Å². The highest BCUT2D eigenvalue weighted by Gasteiger charge is 2.20. The van der Waals surface area contributed by atoms with Gasteiger partial charge in [0, 0.05) is 6.54 Å². The van der Waals surface area contributed by atoms with Gasteiger partial charge in [0.15, 0.2) is 17.6 Å². The van der Waals surface area contributed by atoms with Gasteiger partial charge in [0.05, 0.1) is 13.2 Å². The Kier molecular flexibility index (Phi) is 6.86. The number of ether oxygens (including phenoxy) is 3. The van der Waals surface area contributed by atoms with Crippen LogP contribution >= 0.6 is 0 Å². The molecule has 0 saturated carbocycles. The molecular weight excluding hydrogens is 368 g/mol. The van der Waals surface area contributed by atoms with Crippen LogP contribution in [0.3, 0.4) is 0 Å². The Morgan fingerprint density at radius 2 is 1.79 bits per heavy atom. The lowest BCUT2D eigenvalue weighted by molar-refractivity contribution is 0.0918. The summed E-state index contributed by atoms with van der Waals surface area (Å²) in [6, 6.07) is 15.5. The molecule has 0 fully saturated rings. The zero-order valence-electron chi connectivity index (χ0n) is 17.4. The second-order valence-electron chi connectivity index (χ2n) is 8.11. The predicted molar refractivity (Wildman–Crippen MR) is 113 cm³/mol. The second kappa shape index (κ2) is 9.54. The van der Waals surface area contributed by atoms with Gasteiger partial charge in [-0.2, -0.15) is 0 Å². The van der Waals surface area contributed by atoms with E-state index in [1.54, 1.807) is 0 Å². The van der Waals surface area contributed by atoms with Crippen LogP contribution in [0.25, 0.3) is 0 Å². The number of urea groups is 1. The van der Waals surface area contributed by atoms with Gasteiger partial charge in [0.2, 0.25) is 0 Å². The van der Waals surface area contributed by atoms with E-state index in [4.69, 9.17) is 14.2 Å². The summed E-state index contributed by atoms with van der Waals surface area (Å²) >= 11 is 0. The summed E-state index contributed by atoms with van der Waals surface area (Å²) in [6.45, 7) is 8.45. The van der Waals surface area contributed by atoms with Crippen molar-refractivity contribution in [2.75, 3.05) is 26.3 Å². The first-order chi connectivity index (χ1) is 13.9. The number of benzene rings is 2. The van der Waals surface area contributed by atoms with Gasteiger partial charge in [-0.1, -0.05) is 45.0 Å². The maximum absolute atomic E-state index is 11.9. The highest BCUT2D eigenvalue weighted by molar-refractivity contribution is 5.73. The molecule has 6 nitrogen and oxygen atoms in total. The molecule has 1 aliphatic heterocycles. The number of carbonyl (C=O) groups excluding carboxylic acids is 1. The van der Waals surface area contributed by atoms with Crippen molar-refractivity contribution in [1.82, 2.24) is 10.6 Å². The number of nitrogens with one attached hydrogen (secondary N) is 2. The lowest BCUT2D eigenvalue weighted by atomic mass is 9.87. The van der Waals surface area contributed by atoms with Crippen molar-refractivity contribution < 1.29 is 19.0 Å². The van der Waals surface area contributed by atoms with Crippen LogP contribution in [0.1, 0.15) is 32.8 Å². The van der Waals surface area contributed by atoms with Gasteiger partial charge in [-0.15, -0.1) is 0 Å². The van der Waals surface area contributed by atoms with Gasteiger partial charge in [-0.3, -0.25) is 0 Å². The predicted octanol–water partition coefficient (Wildman–Crippen LogP) is 3.89. The van der Waals surface area contributed by atoms with E-state index in [2.05, 4.69) is 43.5 Å². The van der Waals surface area contributed by atoms with Gasteiger partial charge in [-0.05, 0) is 41.7 Å². The normalized spacial score (nSPS) is 15.5. The fraction of sp³-hybridized carbons (Fsp3) is 0.435. The Balaban J connectivity index is 1.28. The molecule has 6 heteroatoms. The summed E-state index contributed by atoms with van der Waals surface area (Å²) in [5, 5.41) is 5.65. The minimum atomic E-state index is -0.220. The molecule has 2 aromatic carbocycles. The lowest BCUT2D eigenvalue weighted by Crippen LogP contribution is -2.44. The van der Waals surface area contributed by atoms with E-state index in [0.29, 0.717) is 32.1 Å². The van der Waals surface area contributed by atoms with Crippen LogP contribution in [0, 0.1) is 0 Å². The number of rotatable bonds is 7. The van der Waals surface area contributed by atoms with Crippen molar-refractivity contribution in [1.29, 1.82) is 0 Å². The van der Waals surface area contributed by atoms with Crippen molar-refractivity contribution in [3.8, 4) is 17.2 Å². The van der Waals surface area contributed by atoms with Gasteiger partial charge in [0.25, 0.3) is 0 Å². The Morgan fingerprint density at radius 3 is 2.52 bits per heavy atom. The minimum Gasteiger partial charge on any atom is -0.494 e. The third-order valence-corrected chi connectivity index (χ3v) is 4.65. The molecule has 1 atom stereocenters. The smallest absolute Gasteiger partial charge is 0.314 e. The van der Waals surface area contributed by atoms with Crippen molar-refractivity contribution in [2.45, 2.75) is 38.7 Å². The lowest BCUT2D eigenvalue weighted by Gasteiger charge is -2.26. The molecule has 0 aliphatic carbocycles. The summed E-state index contributed by atoms with van der Waals surface area (Å²) in [4.78, 5) is 11.9. The van der Waals surface area contributed by atoms with Crippen molar-refractivity contribution in [2.24, 2.45) is 0 Å². The highest BCUT2D eigenvalue weighted by atomic mass is 16.6. The molecule has 0 spiro atoms. The van der Waals surface area contributed by atoms with Crippen LogP contribution in [0.15, 0.2) is 48.5 Å². The van der Waals surface area contributed by atoms with E-state index in [9.17, 15) is 4.79 Å². The topological polar surface area (TPSA) is 68.8 Å². The van der Waals surface area contributed by atoms with Crippen LogP contribution in [0.4, 0.5) is 4.79 Å². The zero-order chi connectivity index (χ0) is 20.7. The molecule has 29 heavy (non-hydrogen) atoms. The SMILES string of the molecule is CC(C)(C)c1ccc(OCCCNC(=O)NCC2COc3ccccc3O2)cc1. The molecule has 0 radical (unpaired) electrons. The molecule has 0 aromatic heterocycles. The summed E-state index contributed by atoms with van der Waals surface area (Å²) in [6.07, 6.45) is 0.528. The summed E-state index contributed by atoms with van der Waals surface area (Å²) in [5.74, 6) is 2.29. The van der Waals surface area contributed by atoms with Crippen molar-refractivity contribution in [3.63, 3.8) is 0 Å². The fourth-order valence-electron chi connectivity index (χ4n) is 2.95. The minimum absolute atomic E-state index is 0.133. The maximum Gasteiger partial charge on any atom is 0.314 e. The number of amides is 2. The number of fused-ring (bicyclic) bond motifs is 1. The average molecular weight is 399 g/mol. The number of carbonyl (C=O) groups is 1. The first-order valence-electron chi connectivity index (χ1n) is 10.1. The molecular formula is C23H30N2O4. The van der Waals surface area contributed by atoms with Gasteiger partial charge >= 0.3 is 6.03 Å². The largest absolute Gasteiger partial charge is 0.494 e. The average Bonchev–Trinajstić information content (AvgIpc) is 2.71. The third kappa shape index (κ3) is 6.31. The summed E-state index contributed by atoms with van der Waals surface area (Å²) in [5.41, 5.74) is 1.41. The Labute approximate surface area is 172 Å². The standard InChI is InChI=1S/C23H30N2O4/c1-23(2,3)17-9-11-18(12-10-17)27-14-6-13-24-22(26)25-15-19-16-28-20-7-4-5-8-21(20)29-19/h4-5,7-12,19H,6,13-16H2,1-3H3,(H2,24,25,26). The first-order valence-corrected chi connectivity index (χ1v) is 10.1. The van der Waals surface area contributed by atoms with Crippen molar-refractivity contribution in [3.05, 3.63) is 54.1 Å². The summed E-state index contributed by atoms with van der Waals surface area (Å²) in [7, 11) is 0. The van der Waals surface area contributed by atoms with Crippen molar-refractivity contribution >= 4 is 6.03 Å². The Hall–Kier alpha value is -2.89. The van der Waals surface area contributed by atoms with Gasteiger partial charge in [-0.25, -0.2) is 4.79 Å². The third-order valence-electron chi connectivity index (χ3n) is 4.65. The van der Waals surface area contributed by atoms with Crippen LogP contribution < -0.4 is 24.8 Å². The molecule has 1 aliphatic rings. The number of hydrogen-bond acceptors (Lipinski definition) is 4. The van der Waals surface area contributed by atoms with Crippen LogP contribution in [0.2, 0.25) is 0 Å². The quantitative estimate of drug-likeness (QED) is 0.694. The Morgan fingerprint density at radius 1 is 1.07 bits per heavy atom. The first kappa shape index (κ1) is 20.8. The molecule has 2 N–H and O–H groups in total. The van der Waals surface area contributed by atoms with E-state index in [-0.39, 0.29) is 17.6 Å².